The number of ether oxygens (including phenoxy) is 1. The van der Waals surface area contributed by atoms with Gasteiger partial charge in [-0.25, -0.2) is 4.98 Å². The monoisotopic (exact) mass is 244 g/mol. The van der Waals surface area contributed by atoms with Gasteiger partial charge in [0.1, 0.15) is 5.69 Å². The first-order valence-electron chi connectivity index (χ1n) is 6.22. The minimum absolute atomic E-state index is 0.755. The maximum Gasteiger partial charge on any atom is 0.219 e. The largest absolute Gasteiger partial charge is 0.428 e. The van der Waals surface area contributed by atoms with Gasteiger partial charge in [-0.05, 0) is 5.56 Å². The third-order valence-corrected chi connectivity index (χ3v) is 3.13. The molecule has 0 N–H and O–H groups in total. The maximum atomic E-state index is 5.54. The number of rotatable bonds is 3. The van der Waals surface area contributed by atoms with Crippen LogP contribution in [0.1, 0.15) is 11.3 Å². The third-order valence-electron chi connectivity index (χ3n) is 3.13. The molecule has 1 aliphatic heterocycles. The summed E-state index contributed by atoms with van der Waals surface area (Å²) in [4.78, 5) is 6.54. The van der Waals surface area contributed by atoms with E-state index in [-0.39, 0.29) is 0 Å². The second-order valence-corrected chi connectivity index (χ2v) is 4.37. The Morgan fingerprint density at radius 1 is 1.11 bits per heavy atom. The normalized spacial score (nSPS) is 15.9. The van der Waals surface area contributed by atoms with Gasteiger partial charge in [0.15, 0.2) is 6.39 Å². The van der Waals surface area contributed by atoms with E-state index in [9.17, 15) is 0 Å². The molecule has 18 heavy (non-hydrogen) atoms. The van der Waals surface area contributed by atoms with Crippen molar-refractivity contribution in [3.8, 4) is 0 Å². The van der Waals surface area contributed by atoms with E-state index in [0.717, 1.165) is 44.3 Å². The van der Waals surface area contributed by atoms with Crippen molar-refractivity contribution in [3.63, 3.8) is 0 Å². The average molecular weight is 244 g/mol. The molecule has 1 aromatic carbocycles. The molecular formula is C14H16N2O2. The number of benzene rings is 1. The van der Waals surface area contributed by atoms with Crippen LogP contribution in [0.3, 0.4) is 0 Å². The Balaban J connectivity index is 1.78. The molecule has 3 rings (SSSR count). The van der Waals surface area contributed by atoms with E-state index in [1.807, 2.05) is 18.2 Å². The molecule has 4 nitrogen and oxygen atoms in total. The minimum Gasteiger partial charge on any atom is -0.428 e. The molecule has 0 atom stereocenters. The predicted molar refractivity (Wildman–Crippen MR) is 68.8 cm³/mol. The first-order valence-corrected chi connectivity index (χ1v) is 6.22. The zero-order chi connectivity index (χ0) is 12.2. The molecule has 2 aromatic rings. The Bertz CT molecular complexity index is 490. The maximum absolute atomic E-state index is 5.54. The summed E-state index contributed by atoms with van der Waals surface area (Å²) in [5.74, 6) is 0.891. The van der Waals surface area contributed by atoms with Crippen LogP contribution in [0.2, 0.25) is 0 Å². The van der Waals surface area contributed by atoms with Crippen LogP contribution >= 0.6 is 0 Å². The van der Waals surface area contributed by atoms with Crippen molar-refractivity contribution in [2.24, 2.45) is 0 Å². The Hall–Kier alpha value is -1.81. The number of oxazole rings is 1. The summed E-state index contributed by atoms with van der Waals surface area (Å²) in [6.45, 7) is 3.25. The lowest BCUT2D eigenvalue weighted by molar-refractivity contribution is 0.120. The first kappa shape index (κ1) is 11.3. The number of hydrogen-bond donors (Lipinski definition) is 0. The third kappa shape index (κ3) is 2.38. The Labute approximate surface area is 106 Å². The van der Waals surface area contributed by atoms with Crippen molar-refractivity contribution >= 4 is 5.88 Å². The predicted octanol–water partition coefficient (Wildman–Crippen LogP) is 2.10. The molecule has 4 heteroatoms. The summed E-state index contributed by atoms with van der Waals surface area (Å²) in [7, 11) is 0. The van der Waals surface area contributed by atoms with Crippen LogP contribution < -0.4 is 4.90 Å². The van der Waals surface area contributed by atoms with Crippen molar-refractivity contribution < 1.29 is 9.15 Å². The number of aromatic nitrogens is 1. The van der Waals surface area contributed by atoms with Gasteiger partial charge in [0, 0.05) is 19.5 Å². The van der Waals surface area contributed by atoms with E-state index in [2.05, 4.69) is 22.0 Å². The highest BCUT2D eigenvalue weighted by Crippen LogP contribution is 2.22. The van der Waals surface area contributed by atoms with Gasteiger partial charge in [-0.3, -0.25) is 0 Å². The van der Waals surface area contributed by atoms with Gasteiger partial charge in [-0.15, -0.1) is 0 Å². The number of hydrogen-bond acceptors (Lipinski definition) is 4. The second kappa shape index (κ2) is 5.23. The molecule has 1 aliphatic rings. The van der Waals surface area contributed by atoms with Gasteiger partial charge >= 0.3 is 0 Å². The molecule has 0 amide bonds. The SMILES string of the molecule is c1ccc(Cc2ncoc2N2CCOCC2)cc1. The number of morpholine rings is 1. The van der Waals surface area contributed by atoms with Crippen LogP contribution in [0.4, 0.5) is 5.88 Å². The Morgan fingerprint density at radius 2 is 1.89 bits per heavy atom. The standard InChI is InChI=1S/C14H16N2O2/c1-2-4-12(5-3-1)10-13-14(18-11-15-13)16-6-8-17-9-7-16/h1-5,11H,6-10H2. The summed E-state index contributed by atoms with van der Waals surface area (Å²) in [5.41, 5.74) is 2.25. The molecule has 0 radical (unpaired) electrons. The van der Waals surface area contributed by atoms with Crippen molar-refractivity contribution in [1.29, 1.82) is 0 Å². The van der Waals surface area contributed by atoms with Gasteiger partial charge in [0.05, 0.1) is 13.2 Å². The van der Waals surface area contributed by atoms with E-state index in [4.69, 9.17) is 9.15 Å². The van der Waals surface area contributed by atoms with E-state index in [1.54, 1.807) is 0 Å². The van der Waals surface area contributed by atoms with Crippen LogP contribution in [0.5, 0.6) is 0 Å². The molecule has 1 saturated heterocycles. The molecule has 2 heterocycles. The molecule has 0 unspecified atom stereocenters. The fourth-order valence-corrected chi connectivity index (χ4v) is 2.20. The summed E-state index contributed by atoms with van der Waals surface area (Å²) >= 11 is 0. The Kier molecular flexibility index (Phi) is 3.28. The molecular weight excluding hydrogens is 228 g/mol. The first-order chi connectivity index (χ1) is 8.93. The van der Waals surface area contributed by atoms with Crippen LogP contribution in [-0.2, 0) is 11.2 Å². The van der Waals surface area contributed by atoms with Crippen molar-refractivity contribution in [3.05, 3.63) is 48.0 Å². The topological polar surface area (TPSA) is 38.5 Å². The van der Waals surface area contributed by atoms with Gasteiger partial charge in [0.25, 0.3) is 0 Å². The highest BCUT2D eigenvalue weighted by molar-refractivity contribution is 5.43. The molecule has 0 spiro atoms. The van der Waals surface area contributed by atoms with E-state index < -0.39 is 0 Å². The fourth-order valence-electron chi connectivity index (χ4n) is 2.20. The van der Waals surface area contributed by atoms with E-state index >= 15 is 0 Å². The smallest absolute Gasteiger partial charge is 0.219 e. The summed E-state index contributed by atoms with van der Waals surface area (Å²) in [5, 5.41) is 0. The Morgan fingerprint density at radius 3 is 2.67 bits per heavy atom. The van der Waals surface area contributed by atoms with Crippen molar-refractivity contribution in [2.75, 3.05) is 31.2 Å². The number of anilines is 1. The average Bonchev–Trinajstić information content (AvgIpc) is 2.89. The van der Waals surface area contributed by atoms with Crippen LogP contribution in [0.15, 0.2) is 41.1 Å². The number of nitrogens with zero attached hydrogens (tertiary/aromatic N) is 2. The van der Waals surface area contributed by atoms with Gasteiger partial charge < -0.3 is 14.1 Å². The zero-order valence-electron chi connectivity index (χ0n) is 10.2. The quantitative estimate of drug-likeness (QED) is 0.828. The van der Waals surface area contributed by atoms with Crippen LogP contribution in [-0.4, -0.2) is 31.3 Å². The molecule has 1 fully saturated rings. The summed E-state index contributed by atoms with van der Waals surface area (Å²) < 4.78 is 10.9. The molecule has 0 aliphatic carbocycles. The van der Waals surface area contributed by atoms with E-state index in [1.165, 1.54) is 12.0 Å². The van der Waals surface area contributed by atoms with Gasteiger partial charge in [0.2, 0.25) is 5.88 Å². The lowest BCUT2D eigenvalue weighted by Crippen LogP contribution is -2.36. The summed E-state index contributed by atoms with van der Waals surface area (Å²) in [6.07, 6.45) is 2.34. The molecule has 0 saturated carbocycles. The van der Waals surface area contributed by atoms with Gasteiger partial charge in [-0.1, -0.05) is 30.3 Å². The lowest BCUT2D eigenvalue weighted by atomic mass is 10.1. The summed E-state index contributed by atoms with van der Waals surface area (Å²) in [6, 6.07) is 10.3. The molecule has 94 valence electrons. The van der Waals surface area contributed by atoms with Crippen molar-refractivity contribution in [1.82, 2.24) is 4.98 Å². The highest BCUT2D eigenvalue weighted by atomic mass is 16.5. The van der Waals surface area contributed by atoms with E-state index in [0.29, 0.717) is 0 Å². The zero-order valence-corrected chi connectivity index (χ0v) is 10.2. The highest BCUT2D eigenvalue weighted by Gasteiger charge is 2.18. The fraction of sp³-hybridized carbons (Fsp3) is 0.357. The molecule has 1 aromatic heterocycles. The van der Waals surface area contributed by atoms with Crippen LogP contribution in [0.25, 0.3) is 0 Å². The lowest BCUT2D eigenvalue weighted by Gasteiger charge is -2.26. The molecule has 0 bridgehead atoms. The second-order valence-electron chi connectivity index (χ2n) is 4.37. The van der Waals surface area contributed by atoms with Crippen LogP contribution in [0, 0.1) is 0 Å². The van der Waals surface area contributed by atoms with Crippen molar-refractivity contribution in [2.45, 2.75) is 6.42 Å². The van der Waals surface area contributed by atoms with Gasteiger partial charge in [-0.2, -0.15) is 0 Å². The minimum atomic E-state index is 0.755.